The normalized spacial score (nSPS) is 11.2. The van der Waals surface area contributed by atoms with Crippen LogP contribution in [0.5, 0.6) is 0 Å². The summed E-state index contributed by atoms with van der Waals surface area (Å²) in [7, 11) is 1.74. The minimum Gasteiger partial charge on any atom is -0.340 e. The molecule has 2 aromatic rings. The number of hydrogen-bond donors (Lipinski definition) is 0. The summed E-state index contributed by atoms with van der Waals surface area (Å²) in [5.41, 5.74) is 0.612. The Morgan fingerprint density at radius 2 is 1.88 bits per heavy atom. The Kier molecular flexibility index (Phi) is 6.61. The number of aromatic nitrogens is 1. The molecule has 0 aliphatic rings. The lowest BCUT2D eigenvalue weighted by Gasteiger charge is -2.22. The number of thiazole rings is 1. The highest BCUT2D eigenvalue weighted by Gasteiger charge is 2.21. The van der Waals surface area contributed by atoms with Crippen LogP contribution in [-0.4, -0.2) is 53.9 Å². The van der Waals surface area contributed by atoms with Crippen molar-refractivity contribution >= 4 is 17.2 Å². The van der Waals surface area contributed by atoms with Gasteiger partial charge in [0.15, 0.2) is 11.6 Å². The Morgan fingerprint density at radius 3 is 2.52 bits per heavy atom. The number of likely N-dealkylation sites (N-methyl/N-ethyl adjacent to an activating group) is 2. The lowest BCUT2D eigenvalue weighted by molar-refractivity contribution is 0.0783. The number of carbonyl (C=O) groups excluding carboxylic acids is 1. The van der Waals surface area contributed by atoms with E-state index in [9.17, 15) is 13.6 Å². The SMILES string of the molecule is CCN(CC)CCN(C)C(=O)c1sc(-c2cccc(F)c2F)nc1C. The van der Waals surface area contributed by atoms with Gasteiger partial charge in [-0.05, 0) is 32.1 Å². The maximum absolute atomic E-state index is 14.0. The van der Waals surface area contributed by atoms with Gasteiger partial charge in [-0.2, -0.15) is 0 Å². The molecule has 0 fully saturated rings. The van der Waals surface area contributed by atoms with E-state index < -0.39 is 11.6 Å². The molecular weight excluding hydrogens is 344 g/mol. The molecule has 25 heavy (non-hydrogen) atoms. The van der Waals surface area contributed by atoms with Gasteiger partial charge in [-0.25, -0.2) is 13.8 Å². The van der Waals surface area contributed by atoms with E-state index in [0.717, 1.165) is 37.0 Å². The fourth-order valence-electron chi connectivity index (χ4n) is 2.49. The molecule has 0 unspecified atom stereocenters. The highest BCUT2D eigenvalue weighted by atomic mass is 32.1. The van der Waals surface area contributed by atoms with Crippen molar-refractivity contribution in [2.75, 3.05) is 33.2 Å². The van der Waals surface area contributed by atoms with Crippen molar-refractivity contribution in [2.45, 2.75) is 20.8 Å². The Labute approximate surface area is 151 Å². The molecular formula is C18H23F2N3OS. The summed E-state index contributed by atoms with van der Waals surface area (Å²) in [4.78, 5) is 21.3. The molecule has 0 aliphatic heterocycles. The molecule has 0 saturated heterocycles. The molecule has 0 saturated carbocycles. The lowest BCUT2D eigenvalue weighted by atomic mass is 10.2. The zero-order valence-corrected chi connectivity index (χ0v) is 15.8. The molecule has 1 heterocycles. The van der Waals surface area contributed by atoms with Crippen LogP contribution in [0.3, 0.4) is 0 Å². The van der Waals surface area contributed by atoms with Crippen molar-refractivity contribution in [1.82, 2.24) is 14.8 Å². The van der Waals surface area contributed by atoms with E-state index in [4.69, 9.17) is 0 Å². The first-order valence-corrected chi connectivity index (χ1v) is 9.10. The Hall–Kier alpha value is -1.86. The zero-order valence-electron chi connectivity index (χ0n) is 15.0. The first kappa shape index (κ1) is 19.5. The van der Waals surface area contributed by atoms with Gasteiger partial charge in [-0.1, -0.05) is 19.9 Å². The monoisotopic (exact) mass is 367 g/mol. The second-order valence-electron chi connectivity index (χ2n) is 5.79. The average molecular weight is 367 g/mol. The zero-order chi connectivity index (χ0) is 18.6. The van der Waals surface area contributed by atoms with E-state index >= 15 is 0 Å². The predicted octanol–water partition coefficient (Wildman–Crippen LogP) is 3.81. The Balaban J connectivity index is 2.19. The van der Waals surface area contributed by atoms with Gasteiger partial charge < -0.3 is 9.80 Å². The summed E-state index contributed by atoms with van der Waals surface area (Å²) >= 11 is 1.10. The number of carbonyl (C=O) groups is 1. The van der Waals surface area contributed by atoms with Gasteiger partial charge in [-0.3, -0.25) is 4.79 Å². The van der Waals surface area contributed by atoms with Crippen molar-refractivity contribution in [3.8, 4) is 10.6 Å². The number of rotatable bonds is 7. The second-order valence-corrected chi connectivity index (χ2v) is 6.79. The van der Waals surface area contributed by atoms with Crippen molar-refractivity contribution < 1.29 is 13.6 Å². The largest absolute Gasteiger partial charge is 0.340 e. The van der Waals surface area contributed by atoms with Crippen LogP contribution in [0.25, 0.3) is 10.6 Å². The summed E-state index contributed by atoms with van der Waals surface area (Å²) in [6, 6.07) is 3.96. The van der Waals surface area contributed by atoms with E-state index in [0.29, 0.717) is 22.1 Å². The standard InChI is InChI=1S/C18H23F2N3OS/c1-5-23(6-2)11-10-22(4)18(24)16-12(3)21-17(25-16)13-8-7-9-14(19)15(13)20/h7-9H,5-6,10-11H2,1-4H3. The van der Waals surface area contributed by atoms with Gasteiger partial charge in [-0.15, -0.1) is 11.3 Å². The van der Waals surface area contributed by atoms with Crippen LogP contribution < -0.4 is 0 Å². The van der Waals surface area contributed by atoms with E-state index in [-0.39, 0.29) is 11.5 Å². The second kappa shape index (κ2) is 8.49. The summed E-state index contributed by atoms with van der Waals surface area (Å²) in [6.07, 6.45) is 0. The molecule has 1 aromatic heterocycles. The van der Waals surface area contributed by atoms with Crippen molar-refractivity contribution in [3.63, 3.8) is 0 Å². The summed E-state index contributed by atoms with van der Waals surface area (Å²) in [6.45, 7) is 9.13. The molecule has 2 rings (SSSR count). The molecule has 136 valence electrons. The van der Waals surface area contributed by atoms with Crippen LogP contribution in [-0.2, 0) is 0 Å². The number of nitrogens with zero attached hydrogens (tertiary/aromatic N) is 3. The van der Waals surface area contributed by atoms with E-state index in [1.54, 1.807) is 18.9 Å². The molecule has 4 nitrogen and oxygen atoms in total. The smallest absolute Gasteiger partial charge is 0.265 e. The topological polar surface area (TPSA) is 36.4 Å². The van der Waals surface area contributed by atoms with Gasteiger partial charge >= 0.3 is 0 Å². The molecule has 0 N–H and O–H groups in total. The average Bonchev–Trinajstić information content (AvgIpc) is 2.98. The number of aryl methyl sites for hydroxylation is 1. The first-order valence-electron chi connectivity index (χ1n) is 8.28. The minimum atomic E-state index is -0.940. The number of halogens is 2. The fraction of sp³-hybridized carbons (Fsp3) is 0.444. The van der Waals surface area contributed by atoms with Crippen LogP contribution in [0.15, 0.2) is 18.2 Å². The molecule has 1 aromatic carbocycles. The van der Waals surface area contributed by atoms with E-state index in [1.807, 2.05) is 0 Å². The van der Waals surface area contributed by atoms with Gasteiger partial charge in [0.1, 0.15) is 9.88 Å². The number of benzene rings is 1. The molecule has 0 atom stereocenters. The first-order chi connectivity index (χ1) is 11.9. The van der Waals surface area contributed by atoms with Crippen LogP contribution >= 0.6 is 11.3 Å². The summed E-state index contributed by atoms with van der Waals surface area (Å²) < 4.78 is 27.4. The van der Waals surface area contributed by atoms with Gasteiger partial charge in [0.25, 0.3) is 5.91 Å². The minimum absolute atomic E-state index is 0.0814. The Morgan fingerprint density at radius 1 is 1.20 bits per heavy atom. The number of hydrogen-bond acceptors (Lipinski definition) is 4. The van der Waals surface area contributed by atoms with Gasteiger partial charge in [0.05, 0.1) is 5.69 Å². The molecule has 0 radical (unpaired) electrons. The fourth-order valence-corrected chi connectivity index (χ4v) is 3.57. The van der Waals surface area contributed by atoms with Crippen molar-refractivity contribution in [3.05, 3.63) is 40.4 Å². The van der Waals surface area contributed by atoms with Crippen molar-refractivity contribution in [1.29, 1.82) is 0 Å². The third-order valence-electron chi connectivity index (χ3n) is 4.17. The maximum atomic E-state index is 14.0. The van der Waals surface area contributed by atoms with E-state index in [1.165, 1.54) is 12.1 Å². The van der Waals surface area contributed by atoms with Crippen LogP contribution in [0.4, 0.5) is 8.78 Å². The third kappa shape index (κ3) is 4.41. The van der Waals surface area contributed by atoms with Crippen LogP contribution in [0, 0.1) is 18.6 Å². The van der Waals surface area contributed by atoms with E-state index in [2.05, 4.69) is 23.7 Å². The van der Waals surface area contributed by atoms with Gasteiger partial charge in [0.2, 0.25) is 0 Å². The lowest BCUT2D eigenvalue weighted by Crippen LogP contribution is -2.36. The third-order valence-corrected chi connectivity index (χ3v) is 5.34. The Bertz CT molecular complexity index is 744. The van der Waals surface area contributed by atoms with Gasteiger partial charge in [0, 0.05) is 25.7 Å². The summed E-state index contributed by atoms with van der Waals surface area (Å²) in [5.74, 6) is -2.01. The molecule has 0 bridgehead atoms. The quantitative estimate of drug-likeness (QED) is 0.747. The highest BCUT2D eigenvalue weighted by Crippen LogP contribution is 2.31. The maximum Gasteiger partial charge on any atom is 0.265 e. The van der Waals surface area contributed by atoms with Crippen molar-refractivity contribution in [2.24, 2.45) is 0 Å². The molecule has 7 heteroatoms. The summed E-state index contributed by atoms with van der Waals surface area (Å²) in [5, 5.41) is 0.315. The molecule has 1 amide bonds. The molecule has 0 spiro atoms. The van der Waals surface area contributed by atoms with Crippen LogP contribution in [0.1, 0.15) is 29.2 Å². The predicted molar refractivity (Wildman–Crippen MR) is 97.0 cm³/mol. The molecule has 0 aliphatic carbocycles. The number of amides is 1. The van der Waals surface area contributed by atoms with Crippen LogP contribution in [0.2, 0.25) is 0 Å². The highest BCUT2D eigenvalue weighted by molar-refractivity contribution is 7.17.